The van der Waals surface area contributed by atoms with Gasteiger partial charge in [0.25, 0.3) is 5.91 Å². The highest BCUT2D eigenvalue weighted by atomic mass is 35.5. The number of amides is 1. The van der Waals surface area contributed by atoms with Gasteiger partial charge in [-0.2, -0.15) is 5.26 Å². The summed E-state index contributed by atoms with van der Waals surface area (Å²) in [5.74, 6) is 1.42. The van der Waals surface area contributed by atoms with Crippen molar-refractivity contribution in [1.29, 1.82) is 5.26 Å². The van der Waals surface area contributed by atoms with Gasteiger partial charge in [0.05, 0.1) is 14.2 Å². The van der Waals surface area contributed by atoms with Crippen molar-refractivity contribution in [2.75, 3.05) is 19.5 Å². The van der Waals surface area contributed by atoms with Crippen LogP contribution in [0.5, 0.6) is 11.5 Å². The number of nitrogens with zero attached hydrogens (tertiary/aromatic N) is 1. The molecule has 1 N–H and O–H groups in total. The summed E-state index contributed by atoms with van der Waals surface area (Å²) in [7, 11) is 3.02. The van der Waals surface area contributed by atoms with Crippen LogP contribution in [0.4, 0.5) is 5.69 Å². The molecule has 0 aliphatic heterocycles. The molecule has 0 unspecified atom stereocenters. The molecule has 146 valence electrons. The molecular weight excluding hydrogens is 392 g/mol. The van der Waals surface area contributed by atoms with Crippen molar-refractivity contribution in [3.63, 3.8) is 0 Å². The second-order valence-electron chi connectivity index (χ2n) is 5.90. The molecule has 0 atom stereocenters. The van der Waals surface area contributed by atoms with Crippen LogP contribution in [0.15, 0.2) is 64.6 Å². The molecule has 1 aromatic heterocycles. The molecule has 6 nitrogen and oxygen atoms in total. The summed E-state index contributed by atoms with van der Waals surface area (Å²) in [5, 5.41) is 12.7. The number of carbonyl (C=O) groups excluding carboxylic acids is 1. The molecule has 1 amide bonds. The Morgan fingerprint density at radius 1 is 1.07 bits per heavy atom. The van der Waals surface area contributed by atoms with Gasteiger partial charge in [-0.05, 0) is 48.5 Å². The summed E-state index contributed by atoms with van der Waals surface area (Å²) in [4.78, 5) is 12.5. The summed E-state index contributed by atoms with van der Waals surface area (Å²) in [5.41, 5.74) is 1.20. The predicted molar refractivity (Wildman–Crippen MR) is 111 cm³/mol. The molecule has 0 aliphatic rings. The van der Waals surface area contributed by atoms with Crippen molar-refractivity contribution in [1.82, 2.24) is 0 Å². The van der Waals surface area contributed by atoms with Gasteiger partial charge >= 0.3 is 0 Å². The zero-order chi connectivity index (χ0) is 20.8. The fourth-order valence-corrected chi connectivity index (χ4v) is 2.73. The SMILES string of the molecule is COc1ccc(NC(=O)/C(C#N)=C/c2ccc(-c3ccc(Cl)cc3)o2)cc1OC. The van der Waals surface area contributed by atoms with Crippen LogP contribution < -0.4 is 14.8 Å². The molecule has 0 radical (unpaired) electrons. The molecule has 3 rings (SSSR count). The molecule has 0 fully saturated rings. The number of carbonyl (C=O) groups is 1. The van der Waals surface area contributed by atoms with Gasteiger partial charge in [0.1, 0.15) is 23.2 Å². The van der Waals surface area contributed by atoms with E-state index in [2.05, 4.69) is 5.32 Å². The first-order chi connectivity index (χ1) is 14.0. The maximum atomic E-state index is 12.5. The van der Waals surface area contributed by atoms with E-state index in [1.807, 2.05) is 18.2 Å². The van der Waals surface area contributed by atoms with E-state index in [9.17, 15) is 10.1 Å². The van der Waals surface area contributed by atoms with Crippen molar-refractivity contribution in [2.45, 2.75) is 0 Å². The predicted octanol–water partition coefficient (Wildman–Crippen LogP) is 5.16. The number of hydrogen-bond donors (Lipinski definition) is 1. The fraction of sp³-hybridized carbons (Fsp3) is 0.0909. The Morgan fingerprint density at radius 3 is 2.45 bits per heavy atom. The minimum Gasteiger partial charge on any atom is -0.493 e. The van der Waals surface area contributed by atoms with E-state index in [0.29, 0.717) is 33.7 Å². The molecule has 0 aliphatic carbocycles. The van der Waals surface area contributed by atoms with E-state index in [1.54, 1.807) is 42.5 Å². The highest BCUT2D eigenvalue weighted by molar-refractivity contribution is 6.30. The Kier molecular flexibility index (Phi) is 6.22. The first-order valence-corrected chi connectivity index (χ1v) is 8.93. The largest absolute Gasteiger partial charge is 0.493 e. The lowest BCUT2D eigenvalue weighted by molar-refractivity contribution is -0.112. The number of hydrogen-bond acceptors (Lipinski definition) is 5. The van der Waals surface area contributed by atoms with Gasteiger partial charge in [-0.1, -0.05) is 11.6 Å². The van der Waals surface area contributed by atoms with Gasteiger partial charge < -0.3 is 19.2 Å². The lowest BCUT2D eigenvalue weighted by Gasteiger charge is -2.10. The molecule has 3 aromatic rings. The standard InChI is InChI=1S/C22H17ClN2O4/c1-27-20-9-7-17(12-21(20)28-2)25-22(26)15(13-24)11-18-8-10-19(29-18)14-3-5-16(23)6-4-14/h3-12H,1-2H3,(H,25,26)/b15-11+. The quantitative estimate of drug-likeness (QED) is 0.449. The lowest BCUT2D eigenvalue weighted by atomic mass is 10.2. The average molecular weight is 409 g/mol. The molecule has 2 aromatic carbocycles. The van der Waals surface area contributed by atoms with Crippen molar-refractivity contribution in [2.24, 2.45) is 0 Å². The topological polar surface area (TPSA) is 84.5 Å². The van der Waals surface area contributed by atoms with Gasteiger partial charge in [0.15, 0.2) is 11.5 Å². The lowest BCUT2D eigenvalue weighted by Crippen LogP contribution is -2.13. The van der Waals surface area contributed by atoms with Crippen LogP contribution >= 0.6 is 11.6 Å². The summed E-state index contributed by atoms with van der Waals surface area (Å²) in [6.45, 7) is 0. The minimum atomic E-state index is -0.566. The molecule has 0 bridgehead atoms. The molecule has 0 saturated carbocycles. The number of ether oxygens (including phenoxy) is 2. The first-order valence-electron chi connectivity index (χ1n) is 8.55. The van der Waals surface area contributed by atoms with Crippen molar-refractivity contribution in [3.8, 4) is 28.9 Å². The maximum Gasteiger partial charge on any atom is 0.266 e. The monoisotopic (exact) mass is 408 g/mol. The highest BCUT2D eigenvalue weighted by Crippen LogP contribution is 2.30. The van der Waals surface area contributed by atoms with E-state index in [0.717, 1.165) is 5.56 Å². The van der Waals surface area contributed by atoms with Crippen LogP contribution in [0, 0.1) is 11.3 Å². The third-order valence-electron chi connectivity index (χ3n) is 4.05. The Morgan fingerprint density at radius 2 is 1.79 bits per heavy atom. The van der Waals surface area contributed by atoms with Gasteiger partial charge in [-0.25, -0.2) is 0 Å². The van der Waals surface area contributed by atoms with Crippen LogP contribution in [-0.2, 0) is 4.79 Å². The fourth-order valence-electron chi connectivity index (χ4n) is 2.60. The molecule has 0 saturated heterocycles. The zero-order valence-electron chi connectivity index (χ0n) is 15.7. The van der Waals surface area contributed by atoms with Crippen LogP contribution in [-0.4, -0.2) is 20.1 Å². The number of furan rings is 1. The number of methoxy groups -OCH3 is 2. The summed E-state index contributed by atoms with van der Waals surface area (Å²) >= 11 is 5.89. The number of benzene rings is 2. The summed E-state index contributed by atoms with van der Waals surface area (Å²) in [6, 6.07) is 17.4. The van der Waals surface area contributed by atoms with Gasteiger partial charge in [-0.3, -0.25) is 4.79 Å². The third-order valence-corrected chi connectivity index (χ3v) is 4.30. The molecular formula is C22H17ClN2O4. The number of anilines is 1. The van der Waals surface area contributed by atoms with Crippen LogP contribution in [0.1, 0.15) is 5.76 Å². The molecule has 7 heteroatoms. The Bertz CT molecular complexity index is 1090. The normalized spacial score (nSPS) is 10.9. The van der Waals surface area contributed by atoms with E-state index in [4.69, 9.17) is 25.5 Å². The van der Waals surface area contributed by atoms with Crippen molar-refractivity contribution >= 4 is 29.3 Å². The van der Waals surface area contributed by atoms with E-state index in [1.165, 1.54) is 20.3 Å². The maximum absolute atomic E-state index is 12.5. The number of nitriles is 1. The second kappa shape index (κ2) is 9.00. The summed E-state index contributed by atoms with van der Waals surface area (Å²) in [6.07, 6.45) is 1.38. The van der Waals surface area contributed by atoms with Gasteiger partial charge in [0.2, 0.25) is 0 Å². The smallest absolute Gasteiger partial charge is 0.266 e. The number of halogens is 1. The van der Waals surface area contributed by atoms with Crippen molar-refractivity contribution in [3.05, 3.63) is 71.0 Å². The summed E-state index contributed by atoms with van der Waals surface area (Å²) < 4.78 is 16.1. The highest BCUT2D eigenvalue weighted by Gasteiger charge is 2.13. The van der Waals surface area contributed by atoms with Gasteiger partial charge in [-0.15, -0.1) is 0 Å². The molecule has 1 heterocycles. The first kappa shape index (κ1) is 20.1. The minimum absolute atomic E-state index is 0.100. The van der Waals surface area contributed by atoms with Crippen molar-refractivity contribution < 1.29 is 18.7 Å². The van der Waals surface area contributed by atoms with E-state index in [-0.39, 0.29) is 5.57 Å². The van der Waals surface area contributed by atoms with Crippen LogP contribution in [0.25, 0.3) is 17.4 Å². The van der Waals surface area contributed by atoms with Gasteiger partial charge in [0, 0.05) is 28.4 Å². The van der Waals surface area contributed by atoms with Crippen LogP contribution in [0.2, 0.25) is 5.02 Å². The average Bonchev–Trinajstić information content (AvgIpc) is 3.21. The van der Waals surface area contributed by atoms with E-state index >= 15 is 0 Å². The third kappa shape index (κ3) is 4.78. The Labute approximate surface area is 172 Å². The Hall–Kier alpha value is -3.69. The molecule has 29 heavy (non-hydrogen) atoms. The molecule has 0 spiro atoms. The second-order valence-corrected chi connectivity index (χ2v) is 6.34. The number of nitrogens with one attached hydrogen (secondary N) is 1. The van der Waals surface area contributed by atoms with E-state index < -0.39 is 5.91 Å². The number of rotatable bonds is 6. The zero-order valence-corrected chi connectivity index (χ0v) is 16.5. The van der Waals surface area contributed by atoms with Crippen LogP contribution in [0.3, 0.4) is 0 Å². The Balaban J connectivity index is 1.79.